The van der Waals surface area contributed by atoms with E-state index in [0.29, 0.717) is 6.54 Å². The molecule has 1 aliphatic rings. The molecule has 1 amide bonds. The molecule has 0 spiro atoms. The second-order valence-electron chi connectivity index (χ2n) is 7.68. The summed E-state index contributed by atoms with van der Waals surface area (Å²) in [5, 5.41) is 4.30. The van der Waals surface area contributed by atoms with Crippen LogP contribution < -0.4 is 10.1 Å². The van der Waals surface area contributed by atoms with E-state index in [1.165, 1.54) is 16.6 Å². The molecule has 0 saturated heterocycles. The molecule has 146 valence electrons. The number of fused-ring (bicyclic) bond motifs is 3. The van der Waals surface area contributed by atoms with Gasteiger partial charge in [-0.05, 0) is 49.6 Å². The van der Waals surface area contributed by atoms with E-state index in [1.807, 2.05) is 26.0 Å². The third-order valence-electron chi connectivity index (χ3n) is 5.36. The molecule has 1 aliphatic heterocycles. The van der Waals surface area contributed by atoms with Gasteiger partial charge >= 0.3 is 0 Å². The van der Waals surface area contributed by atoms with E-state index in [0.717, 1.165) is 29.8 Å². The predicted molar refractivity (Wildman–Crippen MR) is 112 cm³/mol. The van der Waals surface area contributed by atoms with Gasteiger partial charge in [-0.3, -0.25) is 9.69 Å². The Balaban J connectivity index is 1.75. The molecular weight excluding hydrogens is 350 g/mol. The monoisotopic (exact) mass is 377 g/mol. The maximum atomic E-state index is 12.5. The SMILES string of the molecule is COc1ccc(C2c3[nH]c4ccccc4c3CCN2CC(=O)NC(C)C)cc1. The number of para-hydroxylation sites is 1. The number of nitrogens with zero attached hydrogens (tertiary/aromatic N) is 1. The van der Waals surface area contributed by atoms with Gasteiger partial charge in [0.15, 0.2) is 0 Å². The first kappa shape index (κ1) is 18.6. The molecule has 28 heavy (non-hydrogen) atoms. The van der Waals surface area contributed by atoms with Crippen LogP contribution in [0.2, 0.25) is 0 Å². The minimum atomic E-state index is 0.0139. The zero-order valence-electron chi connectivity index (χ0n) is 16.7. The lowest BCUT2D eigenvalue weighted by Gasteiger charge is -2.36. The molecule has 2 heterocycles. The van der Waals surface area contributed by atoms with E-state index >= 15 is 0 Å². The van der Waals surface area contributed by atoms with E-state index in [-0.39, 0.29) is 18.0 Å². The Labute approximate surface area is 165 Å². The highest BCUT2D eigenvalue weighted by Crippen LogP contribution is 2.38. The molecule has 5 nitrogen and oxygen atoms in total. The summed E-state index contributed by atoms with van der Waals surface area (Å²) >= 11 is 0. The number of hydrogen-bond donors (Lipinski definition) is 2. The Hall–Kier alpha value is -2.79. The van der Waals surface area contributed by atoms with Crippen LogP contribution in [0.5, 0.6) is 5.75 Å². The molecule has 4 rings (SSSR count). The summed E-state index contributed by atoms with van der Waals surface area (Å²) < 4.78 is 5.32. The van der Waals surface area contributed by atoms with Gasteiger partial charge in [-0.15, -0.1) is 0 Å². The normalized spacial score (nSPS) is 16.9. The highest BCUT2D eigenvalue weighted by molar-refractivity contribution is 5.85. The van der Waals surface area contributed by atoms with Crippen molar-refractivity contribution >= 4 is 16.8 Å². The number of amides is 1. The van der Waals surface area contributed by atoms with Gasteiger partial charge in [0.05, 0.1) is 19.7 Å². The van der Waals surface area contributed by atoms with E-state index in [2.05, 4.69) is 51.6 Å². The minimum Gasteiger partial charge on any atom is -0.497 e. The second kappa shape index (κ2) is 7.68. The Morgan fingerprint density at radius 3 is 2.68 bits per heavy atom. The molecule has 2 aromatic carbocycles. The topological polar surface area (TPSA) is 57.4 Å². The van der Waals surface area contributed by atoms with Crippen LogP contribution >= 0.6 is 0 Å². The standard InChI is InChI=1S/C23H27N3O2/c1-15(2)24-21(27)14-26-13-12-19-18-6-4-5-7-20(18)25-22(19)23(26)16-8-10-17(28-3)11-9-16/h4-11,15,23,25H,12-14H2,1-3H3,(H,24,27). The number of H-pyrrole nitrogens is 1. The van der Waals surface area contributed by atoms with Crippen molar-refractivity contribution in [3.05, 3.63) is 65.4 Å². The molecule has 1 atom stereocenters. The van der Waals surface area contributed by atoms with Crippen molar-refractivity contribution in [1.82, 2.24) is 15.2 Å². The summed E-state index contributed by atoms with van der Waals surface area (Å²) in [6.45, 7) is 5.20. The summed E-state index contributed by atoms with van der Waals surface area (Å²) in [6, 6.07) is 16.7. The van der Waals surface area contributed by atoms with Crippen molar-refractivity contribution in [3.63, 3.8) is 0 Å². The lowest BCUT2D eigenvalue weighted by molar-refractivity contribution is -0.123. The number of carbonyl (C=O) groups excluding carboxylic acids is 1. The quantitative estimate of drug-likeness (QED) is 0.714. The molecule has 1 aromatic heterocycles. The summed E-state index contributed by atoms with van der Waals surface area (Å²) in [5.74, 6) is 0.897. The molecule has 0 radical (unpaired) electrons. The number of methoxy groups -OCH3 is 1. The Morgan fingerprint density at radius 1 is 1.21 bits per heavy atom. The van der Waals surface area contributed by atoms with Crippen molar-refractivity contribution < 1.29 is 9.53 Å². The van der Waals surface area contributed by atoms with Gasteiger partial charge in [-0.25, -0.2) is 0 Å². The predicted octanol–water partition coefficient (Wildman–Crippen LogP) is 3.65. The molecule has 1 unspecified atom stereocenters. The Bertz CT molecular complexity index is 975. The van der Waals surface area contributed by atoms with Gasteiger partial charge in [-0.1, -0.05) is 30.3 Å². The van der Waals surface area contributed by atoms with Crippen LogP contribution in [0, 0.1) is 0 Å². The number of aromatic nitrogens is 1. The van der Waals surface area contributed by atoms with E-state index in [1.54, 1.807) is 7.11 Å². The van der Waals surface area contributed by atoms with Gasteiger partial charge in [0.25, 0.3) is 0 Å². The van der Waals surface area contributed by atoms with E-state index in [9.17, 15) is 4.79 Å². The first-order valence-electron chi connectivity index (χ1n) is 9.83. The third-order valence-corrected chi connectivity index (χ3v) is 5.36. The largest absolute Gasteiger partial charge is 0.497 e. The number of hydrogen-bond acceptors (Lipinski definition) is 3. The zero-order valence-corrected chi connectivity index (χ0v) is 16.7. The van der Waals surface area contributed by atoms with Crippen LogP contribution in [-0.2, 0) is 11.2 Å². The second-order valence-corrected chi connectivity index (χ2v) is 7.68. The highest BCUT2D eigenvalue weighted by atomic mass is 16.5. The number of benzene rings is 2. The average Bonchev–Trinajstić information content (AvgIpc) is 3.06. The van der Waals surface area contributed by atoms with Crippen LogP contribution in [0.3, 0.4) is 0 Å². The zero-order chi connectivity index (χ0) is 19.7. The maximum absolute atomic E-state index is 12.5. The lowest BCUT2D eigenvalue weighted by atomic mass is 9.92. The average molecular weight is 377 g/mol. The van der Waals surface area contributed by atoms with Crippen LogP contribution in [0.15, 0.2) is 48.5 Å². The number of aromatic amines is 1. The molecule has 2 N–H and O–H groups in total. The van der Waals surface area contributed by atoms with Crippen molar-refractivity contribution in [1.29, 1.82) is 0 Å². The minimum absolute atomic E-state index is 0.0139. The fraction of sp³-hybridized carbons (Fsp3) is 0.348. The smallest absolute Gasteiger partial charge is 0.234 e. The summed E-state index contributed by atoms with van der Waals surface area (Å²) in [4.78, 5) is 18.4. The van der Waals surface area contributed by atoms with Crippen LogP contribution in [0.1, 0.15) is 36.7 Å². The molecule has 0 bridgehead atoms. The van der Waals surface area contributed by atoms with Crippen molar-refractivity contribution in [2.75, 3.05) is 20.2 Å². The fourth-order valence-electron chi connectivity index (χ4n) is 4.18. The summed E-state index contributed by atoms with van der Waals surface area (Å²) in [7, 11) is 1.67. The van der Waals surface area contributed by atoms with Gasteiger partial charge in [0, 0.05) is 29.2 Å². The van der Waals surface area contributed by atoms with Crippen LogP contribution in [0.25, 0.3) is 10.9 Å². The van der Waals surface area contributed by atoms with Crippen molar-refractivity contribution in [3.8, 4) is 5.75 Å². The molecule has 3 aromatic rings. The molecular formula is C23H27N3O2. The fourth-order valence-corrected chi connectivity index (χ4v) is 4.18. The van der Waals surface area contributed by atoms with Gasteiger partial charge in [0.2, 0.25) is 5.91 Å². The number of ether oxygens (including phenoxy) is 1. The molecule has 0 saturated carbocycles. The third kappa shape index (κ3) is 3.50. The Morgan fingerprint density at radius 2 is 1.96 bits per heavy atom. The summed E-state index contributed by atoms with van der Waals surface area (Å²) in [6.07, 6.45) is 0.932. The van der Waals surface area contributed by atoms with Gasteiger partial charge in [-0.2, -0.15) is 0 Å². The van der Waals surface area contributed by atoms with Crippen molar-refractivity contribution in [2.24, 2.45) is 0 Å². The molecule has 0 fully saturated rings. The van der Waals surface area contributed by atoms with Crippen molar-refractivity contribution in [2.45, 2.75) is 32.4 Å². The lowest BCUT2D eigenvalue weighted by Crippen LogP contribution is -2.44. The highest BCUT2D eigenvalue weighted by Gasteiger charge is 2.32. The first-order chi connectivity index (χ1) is 13.6. The number of carbonyl (C=O) groups is 1. The van der Waals surface area contributed by atoms with Crippen LogP contribution in [-0.4, -0.2) is 42.0 Å². The number of nitrogens with one attached hydrogen (secondary N) is 2. The maximum Gasteiger partial charge on any atom is 0.234 e. The number of rotatable bonds is 5. The molecule has 0 aliphatic carbocycles. The summed E-state index contributed by atoms with van der Waals surface area (Å²) in [5.41, 5.74) is 4.86. The van der Waals surface area contributed by atoms with Crippen LogP contribution in [0.4, 0.5) is 0 Å². The Kier molecular flexibility index (Phi) is 5.09. The van der Waals surface area contributed by atoms with E-state index in [4.69, 9.17) is 4.74 Å². The van der Waals surface area contributed by atoms with Gasteiger partial charge < -0.3 is 15.0 Å². The molecule has 5 heteroatoms. The first-order valence-corrected chi connectivity index (χ1v) is 9.83. The van der Waals surface area contributed by atoms with Gasteiger partial charge in [0.1, 0.15) is 5.75 Å². The van der Waals surface area contributed by atoms with E-state index < -0.39 is 0 Å².